The normalized spacial score (nSPS) is 19.1. The first-order valence-corrected chi connectivity index (χ1v) is 17.0. The number of unbranched alkanes of at least 4 members (excludes halogenated alkanes) is 8. The summed E-state index contributed by atoms with van der Waals surface area (Å²) >= 11 is 0. The maximum atomic E-state index is 12.6. The minimum atomic E-state index is -1.88. The third kappa shape index (κ3) is 9.75. The molecule has 34 heavy (non-hydrogen) atoms. The van der Waals surface area contributed by atoms with Gasteiger partial charge in [-0.2, -0.15) is 0 Å². The molecule has 194 valence electrons. The molecule has 0 amide bonds. The molecule has 0 aliphatic heterocycles. The third-order valence-electron chi connectivity index (χ3n) is 7.94. The van der Waals surface area contributed by atoms with Crippen molar-refractivity contribution in [3.8, 4) is 5.75 Å². The Labute approximate surface area is 211 Å². The van der Waals surface area contributed by atoms with Crippen molar-refractivity contribution in [1.82, 2.24) is 0 Å². The van der Waals surface area contributed by atoms with Crippen LogP contribution in [0, 0.1) is 0 Å². The van der Waals surface area contributed by atoms with Crippen LogP contribution in [-0.4, -0.2) is 20.4 Å². The quantitative estimate of drug-likeness (QED) is 0.148. The van der Waals surface area contributed by atoms with E-state index < -0.39 is 8.32 Å². The molecule has 0 aromatic heterocycles. The maximum absolute atomic E-state index is 12.6. The summed E-state index contributed by atoms with van der Waals surface area (Å²) in [5, 5.41) is 0.168. The fraction of sp³-hybridized carbons (Fsp3) is 0.767. The molecule has 1 aromatic carbocycles. The Morgan fingerprint density at radius 3 is 2.21 bits per heavy atom. The van der Waals surface area contributed by atoms with Gasteiger partial charge in [0, 0.05) is 12.3 Å². The molecular formula is C30H52O3Si. The highest BCUT2D eigenvalue weighted by atomic mass is 28.4. The molecule has 0 unspecified atom stereocenters. The van der Waals surface area contributed by atoms with Crippen molar-refractivity contribution in [2.75, 3.05) is 0 Å². The Kier molecular flexibility index (Phi) is 12.2. The van der Waals surface area contributed by atoms with Gasteiger partial charge in [0.25, 0.3) is 0 Å². The van der Waals surface area contributed by atoms with Gasteiger partial charge >= 0.3 is 5.97 Å². The number of hydrogen-bond donors (Lipinski definition) is 0. The first kappa shape index (κ1) is 28.9. The van der Waals surface area contributed by atoms with Crippen LogP contribution in [0.15, 0.2) is 24.3 Å². The average molecular weight is 489 g/mol. The van der Waals surface area contributed by atoms with Gasteiger partial charge in [-0.25, -0.2) is 0 Å². The van der Waals surface area contributed by atoms with Crippen LogP contribution in [0.1, 0.15) is 129 Å². The number of carbonyl (C=O) groups excluding carboxylic acids is 1. The Balaban J connectivity index is 1.83. The number of esters is 1. The molecule has 1 aliphatic rings. The lowest BCUT2D eigenvalue weighted by atomic mass is 9.81. The van der Waals surface area contributed by atoms with Gasteiger partial charge in [-0.1, -0.05) is 97.6 Å². The molecule has 4 heteroatoms. The van der Waals surface area contributed by atoms with E-state index in [4.69, 9.17) is 9.16 Å². The van der Waals surface area contributed by atoms with Gasteiger partial charge in [0.1, 0.15) is 11.9 Å². The third-order valence-corrected chi connectivity index (χ3v) is 12.3. The van der Waals surface area contributed by atoms with E-state index in [1.165, 1.54) is 56.9 Å². The second-order valence-corrected chi connectivity index (χ2v) is 16.7. The first-order chi connectivity index (χ1) is 16.1. The summed E-state index contributed by atoms with van der Waals surface area (Å²) < 4.78 is 12.6. The van der Waals surface area contributed by atoms with Gasteiger partial charge in [-0.3, -0.25) is 4.79 Å². The Hall–Kier alpha value is -1.29. The van der Waals surface area contributed by atoms with Crippen LogP contribution in [0.5, 0.6) is 5.75 Å². The molecule has 3 nitrogen and oxygen atoms in total. The van der Waals surface area contributed by atoms with Gasteiger partial charge in [-0.15, -0.1) is 0 Å². The fourth-order valence-corrected chi connectivity index (χ4v) is 5.71. The Morgan fingerprint density at radius 2 is 1.56 bits per heavy atom. The lowest BCUT2D eigenvalue weighted by Gasteiger charge is -2.37. The van der Waals surface area contributed by atoms with Gasteiger partial charge in [-0.05, 0) is 61.5 Å². The van der Waals surface area contributed by atoms with Crippen LogP contribution in [0.25, 0.3) is 0 Å². The zero-order chi connectivity index (χ0) is 25.0. The molecule has 0 N–H and O–H groups in total. The van der Waals surface area contributed by atoms with E-state index in [2.05, 4.69) is 65.1 Å². The summed E-state index contributed by atoms with van der Waals surface area (Å²) in [6.07, 6.45) is 16.4. The molecule has 1 fully saturated rings. The molecule has 1 aromatic rings. The van der Waals surface area contributed by atoms with E-state index in [0.29, 0.717) is 6.42 Å². The van der Waals surface area contributed by atoms with Crippen LogP contribution in [0.4, 0.5) is 0 Å². The van der Waals surface area contributed by atoms with Crippen molar-refractivity contribution in [1.29, 1.82) is 0 Å². The first-order valence-electron chi connectivity index (χ1n) is 14.1. The van der Waals surface area contributed by atoms with E-state index >= 15 is 0 Å². The van der Waals surface area contributed by atoms with Crippen molar-refractivity contribution >= 4 is 14.3 Å². The van der Waals surface area contributed by atoms with Crippen LogP contribution in [0.3, 0.4) is 0 Å². The fourth-order valence-electron chi connectivity index (χ4n) is 4.68. The number of rotatable bonds is 14. The second-order valence-electron chi connectivity index (χ2n) is 11.9. The zero-order valence-electron chi connectivity index (χ0n) is 23.1. The van der Waals surface area contributed by atoms with Crippen LogP contribution in [-0.2, 0) is 9.53 Å². The van der Waals surface area contributed by atoms with Crippen LogP contribution < -0.4 is 4.43 Å². The largest absolute Gasteiger partial charge is 0.543 e. The van der Waals surface area contributed by atoms with E-state index in [0.717, 1.165) is 37.9 Å². The van der Waals surface area contributed by atoms with E-state index in [-0.39, 0.29) is 23.0 Å². The smallest absolute Gasteiger partial charge is 0.306 e. The van der Waals surface area contributed by atoms with Gasteiger partial charge in [0.05, 0.1) is 0 Å². The molecule has 0 saturated heterocycles. The summed E-state index contributed by atoms with van der Waals surface area (Å²) in [4.78, 5) is 12.6. The second kappa shape index (κ2) is 14.3. The van der Waals surface area contributed by atoms with E-state index in [9.17, 15) is 4.79 Å². The Morgan fingerprint density at radius 1 is 0.941 bits per heavy atom. The molecular weight excluding hydrogens is 436 g/mol. The molecule has 1 saturated carbocycles. The lowest BCUT2D eigenvalue weighted by molar-refractivity contribution is -0.151. The highest BCUT2D eigenvalue weighted by Gasteiger charge is 2.39. The molecule has 2 rings (SSSR count). The molecule has 0 radical (unpaired) electrons. The van der Waals surface area contributed by atoms with Crippen molar-refractivity contribution in [3.63, 3.8) is 0 Å². The molecule has 0 spiro atoms. The number of hydrogen-bond acceptors (Lipinski definition) is 3. The number of ether oxygens (including phenoxy) is 1. The SMILES string of the molecule is CCCCCCCCCCCC(=O)O[C@@H]1CCCC[C@H]1c1cccc(O[Si](C)(C)C(C)(C)C)c1. The van der Waals surface area contributed by atoms with Gasteiger partial charge in [0.2, 0.25) is 8.32 Å². The topological polar surface area (TPSA) is 35.5 Å². The van der Waals surface area contributed by atoms with Crippen molar-refractivity contribution in [2.45, 2.75) is 148 Å². The van der Waals surface area contributed by atoms with Crippen molar-refractivity contribution in [3.05, 3.63) is 29.8 Å². The monoisotopic (exact) mass is 488 g/mol. The van der Waals surface area contributed by atoms with Crippen LogP contribution in [0.2, 0.25) is 18.1 Å². The predicted octanol–water partition coefficient (Wildman–Crippen LogP) is 9.56. The standard InChI is InChI=1S/C30H52O3Si/c1-7-8-9-10-11-12-13-14-15-23-29(31)32-28-22-17-16-21-27(28)25-19-18-20-26(24-25)33-34(5,6)30(2,3)4/h18-20,24,27-28H,7-17,21-23H2,1-6H3/t27-,28+/m0/s1. The van der Waals surface area contributed by atoms with E-state index in [1.54, 1.807) is 0 Å². The summed E-state index contributed by atoms with van der Waals surface area (Å²) in [6.45, 7) is 13.7. The predicted molar refractivity (Wildman–Crippen MR) is 147 cm³/mol. The summed E-state index contributed by atoms with van der Waals surface area (Å²) in [7, 11) is -1.88. The highest BCUT2D eigenvalue weighted by Crippen LogP contribution is 2.40. The summed E-state index contributed by atoms with van der Waals surface area (Å²) in [5.41, 5.74) is 1.26. The van der Waals surface area contributed by atoms with Crippen molar-refractivity contribution in [2.24, 2.45) is 0 Å². The zero-order valence-corrected chi connectivity index (χ0v) is 24.1. The van der Waals surface area contributed by atoms with Gasteiger partial charge < -0.3 is 9.16 Å². The summed E-state index contributed by atoms with van der Waals surface area (Å²) in [6, 6.07) is 8.58. The highest BCUT2D eigenvalue weighted by molar-refractivity contribution is 6.74. The minimum absolute atomic E-state index is 0.00272. The average Bonchev–Trinajstić information content (AvgIpc) is 2.77. The maximum Gasteiger partial charge on any atom is 0.306 e. The molecule has 0 heterocycles. The van der Waals surface area contributed by atoms with Crippen LogP contribution >= 0.6 is 0 Å². The van der Waals surface area contributed by atoms with Crippen molar-refractivity contribution < 1.29 is 14.0 Å². The number of benzene rings is 1. The Bertz CT molecular complexity index is 722. The molecule has 1 aliphatic carbocycles. The lowest BCUT2D eigenvalue weighted by Crippen LogP contribution is -2.43. The minimum Gasteiger partial charge on any atom is -0.543 e. The number of carbonyl (C=O) groups is 1. The molecule has 2 atom stereocenters. The van der Waals surface area contributed by atoms with E-state index in [1.807, 2.05) is 0 Å². The molecule has 0 bridgehead atoms. The summed E-state index contributed by atoms with van der Waals surface area (Å²) in [5.74, 6) is 1.24. The van der Waals surface area contributed by atoms with Gasteiger partial charge in [0.15, 0.2) is 0 Å².